The highest BCUT2D eigenvalue weighted by Gasteiger charge is 2.54. The number of hydrogen-bond donors (Lipinski definition) is 0. The first-order valence-electron chi connectivity index (χ1n) is 7.09. The molecule has 1 aromatic rings. The molecule has 0 amide bonds. The van der Waals surface area contributed by atoms with E-state index in [0.29, 0.717) is 17.6 Å². The lowest BCUT2D eigenvalue weighted by Crippen LogP contribution is -2.40. The summed E-state index contributed by atoms with van der Waals surface area (Å²) in [6, 6.07) is 7.35. The van der Waals surface area contributed by atoms with Gasteiger partial charge in [0.2, 0.25) is 0 Å². The van der Waals surface area contributed by atoms with Crippen LogP contribution in [0.15, 0.2) is 48.1 Å². The van der Waals surface area contributed by atoms with Crippen LogP contribution in [0.25, 0.3) is 0 Å². The number of allylic oxidation sites excluding steroid dienone is 2. The van der Waals surface area contributed by atoms with Crippen LogP contribution in [0.4, 0.5) is 0 Å². The maximum Gasteiger partial charge on any atom is 0.324 e. The number of fused-ring (bicyclic) bond motifs is 1. The summed E-state index contributed by atoms with van der Waals surface area (Å²) < 4.78 is 5.22. The zero-order valence-electron chi connectivity index (χ0n) is 12.7. The molecule has 3 nitrogen and oxygen atoms in total. The Morgan fingerprint density at radius 1 is 1.38 bits per heavy atom. The second-order valence-electron chi connectivity index (χ2n) is 5.41. The smallest absolute Gasteiger partial charge is 0.324 e. The lowest BCUT2D eigenvalue weighted by Gasteiger charge is -2.27. The Hall–Kier alpha value is -2.16. The van der Waals surface area contributed by atoms with E-state index in [1.807, 2.05) is 32.0 Å². The third-order valence-corrected chi connectivity index (χ3v) is 3.93. The lowest BCUT2D eigenvalue weighted by molar-refractivity contribution is -0.150. The van der Waals surface area contributed by atoms with Crippen LogP contribution in [0.3, 0.4) is 0 Å². The van der Waals surface area contributed by atoms with Gasteiger partial charge in [-0.3, -0.25) is 9.59 Å². The molecule has 0 aromatic heterocycles. The average molecular weight is 284 g/mol. The van der Waals surface area contributed by atoms with Crippen molar-refractivity contribution in [2.45, 2.75) is 27.2 Å². The molecule has 1 atom stereocenters. The van der Waals surface area contributed by atoms with Crippen LogP contribution < -0.4 is 0 Å². The van der Waals surface area contributed by atoms with E-state index in [1.54, 1.807) is 19.1 Å². The van der Waals surface area contributed by atoms with Crippen molar-refractivity contribution < 1.29 is 14.3 Å². The van der Waals surface area contributed by atoms with Gasteiger partial charge in [-0.2, -0.15) is 0 Å². The number of Topliss-reactive ketones (excluding diaryl/α,β-unsaturated/α-hetero) is 1. The van der Waals surface area contributed by atoms with E-state index >= 15 is 0 Å². The summed E-state index contributed by atoms with van der Waals surface area (Å²) in [5.41, 5.74) is 1.77. The molecule has 21 heavy (non-hydrogen) atoms. The Morgan fingerprint density at radius 3 is 2.57 bits per heavy atom. The van der Waals surface area contributed by atoms with E-state index in [1.165, 1.54) is 0 Å². The van der Waals surface area contributed by atoms with Gasteiger partial charge in [0.1, 0.15) is 0 Å². The average Bonchev–Trinajstić information content (AvgIpc) is 2.74. The molecule has 0 saturated carbocycles. The molecule has 0 N–H and O–H groups in total. The van der Waals surface area contributed by atoms with Gasteiger partial charge >= 0.3 is 5.97 Å². The van der Waals surface area contributed by atoms with Gasteiger partial charge in [0.15, 0.2) is 11.2 Å². The summed E-state index contributed by atoms with van der Waals surface area (Å²) in [7, 11) is 0. The Morgan fingerprint density at radius 2 is 2.05 bits per heavy atom. The van der Waals surface area contributed by atoms with Crippen LogP contribution in [0.1, 0.15) is 36.7 Å². The van der Waals surface area contributed by atoms with Gasteiger partial charge < -0.3 is 4.74 Å². The number of esters is 1. The van der Waals surface area contributed by atoms with Gasteiger partial charge in [0.05, 0.1) is 6.61 Å². The summed E-state index contributed by atoms with van der Waals surface area (Å²) in [5, 5.41) is 0. The van der Waals surface area contributed by atoms with Crippen molar-refractivity contribution in [3.63, 3.8) is 0 Å². The standard InChI is InChI=1S/C18H20O3/c1-5-15(12(3)4)18(17(20)21-6-2)11-13-9-7-8-10-14(13)16(18)19/h5,7-10H,1,6,11H2,2-4H3/t18-/m1/s1. The number of carbonyl (C=O) groups is 2. The molecule has 0 radical (unpaired) electrons. The number of carbonyl (C=O) groups excluding carboxylic acids is 2. The van der Waals surface area contributed by atoms with Gasteiger partial charge in [0.25, 0.3) is 0 Å². The van der Waals surface area contributed by atoms with E-state index in [-0.39, 0.29) is 12.4 Å². The summed E-state index contributed by atoms with van der Waals surface area (Å²) in [5.74, 6) is -0.671. The first kappa shape index (κ1) is 15.2. The van der Waals surface area contributed by atoms with Crippen LogP contribution in [-0.4, -0.2) is 18.4 Å². The molecule has 3 heteroatoms. The molecule has 0 unspecified atom stereocenters. The predicted octanol–water partition coefficient (Wildman–Crippen LogP) is 3.50. The van der Waals surface area contributed by atoms with Gasteiger partial charge in [-0.25, -0.2) is 0 Å². The zero-order chi connectivity index (χ0) is 15.6. The lowest BCUT2D eigenvalue weighted by atomic mass is 9.74. The Balaban J connectivity index is 2.67. The third-order valence-electron chi connectivity index (χ3n) is 3.93. The molecule has 0 saturated heterocycles. The fraction of sp³-hybridized carbons (Fsp3) is 0.333. The fourth-order valence-corrected chi connectivity index (χ4v) is 3.04. The highest BCUT2D eigenvalue weighted by atomic mass is 16.5. The molecule has 1 aliphatic carbocycles. The van der Waals surface area contributed by atoms with Crippen LogP contribution in [0, 0.1) is 5.41 Å². The predicted molar refractivity (Wildman–Crippen MR) is 82.1 cm³/mol. The van der Waals surface area contributed by atoms with E-state index in [9.17, 15) is 9.59 Å². The van der Waals surface area contributed by atoms with Crippen molar-refractivity contribution in [1.29, 1.82) is 0 Å². The van der Waals surface area contributed by atoms with Crippen LogP contribution >= 0.6 is 0 Å². The minimum atomic E-state index is -1.28. The van der Waals surface area contributed by atoms with Gasteiger partial charge in [0, 0.05) is 12.0 Å². The van der Waals surface area contributed by atoms with Crippen molar-refractivity contribution in [3.8, 4) is 0 Å². The SMILES string of the molecule is C=CC(=C(C)C)[C@]1(C(=O)OCC)Cc2ccccc2C1=O. The molecule has 0 heterocycles. The molecule has 110 valence electrons. The second kappa shape index (κ2) is 5.68. The molecule has 0 aliphatic heterocycles. The van der Waals surface area contributed by atoms with Crippen molar-refractivity contribution in [2.75, 3.05) is 6.61 Å². The topological polar surface area (TPSA) is 43.4 Å². The number of rotatable bonds is 4. The fourth-order valence-electron chi connectivity index (χ4n) is 3.04. The van der Waals surface area contributed by atoms with E-state index in [4.69, 9.17) is 4.74 Å². The largest absolute Gasteiger partial charge is 0.465 e. The monoisotopic (exact) mass is 284 g/mol. The van der Waals surface area contributed by atoms with Crippen LogP contribution in [-0.2, 0) is 16.0 Å². The molecular formula is C18H20O3. The van der Waals surface area contributed by atoms with Gasteiger partial charge in [-0.05, 0) is 31.9 Å². The van der Waals surface area contributed by atoms with Crippen LogP contribution in [0.5, 0.6) is 0 Å². The molecular weight excluding hydrogens is 264 g/mol. The van der Waals surface area contributed by atoms with Gasteiger partial charge in [-0.1, -0.05) is 42.5 Å². The Kier molecular flexibility index (Phi) is 4.12. The van der Waals surface area contributed by atoms with Crippen molar-refractivity contribution in [2.24, 2.45) is 5.41 Å². The summed E-state index contributed by atoms with van der Waals surface area (Å²) in [6.07, 6.45) is 1.95. The molecule has 1 aliphatic rings. The van der Waals surface area contributed by atoms with Crippen molar-refractivity contribution >= 4 is 11.8 Å². The molecule has 2 rings (SSSR count). The molecule has 1 aromatic carbocycles. The van der Waals surface area contributed by atoms with E-state index in [0.717, 1.165) is 11.1 Å². The Bertz CT molecular complexity index is 636. The minimum Gasteiger partial charge on any atom is -0.465 e. The quantitative estimate of drug-likeness (QED) is 0.483. The first-order valence-corrected chi connectivity index (χ1v) is 7.09. The first-order chi connectivity index (χ1) is 9.98. The number of benzene rings is 1. The maximum absolute atomic E-state index is 13.0. The summed E-state index contributed by atoms with van der Waals surface area (Å²) in [6.45, 7) is 9.55. The normalized spacial score (nSPS) is 19.9. The maximum atomic E-state index is 13.0. The third kappa shape index (κ3) is 2.23. The number of hydrogen-bond acceptors (Lipinski definition) is 3. The summed E-state index contributed by atoms with van der Waals surface area (Å²) in [4.78, 5) is 25.6. The Labute approximate surface area is 125 Å². The van der Waals surface area contributed by atoms with E-state index < -0.39 is 11.4 Å². The number of ketones is 1. The highest BCUT2D eigenvalue weighted by Crippen LogP contribution is 2.45. The highest BCUT2D eigenvalue weighted by molar-refractivity contribution is 6.18. The van der Waals surface area contributed by atoms with Gasteiger partial charge in [-0.15, -0.1) is 0 Å². The van der Waals surface area contributed by atoms with Crippen LogP contribution in [0.2, 0.25) is 0 Å². The second-order valence-corrected chi connectivity index (χ2v) is 5.41. The van der Waals surface area contributed by atoms with Crippen molar-refractivity contribution in [3.05, 3.63) is 59.2 Å². The molecule has 0 fully saturated rings. The van der Waals surface area contributed by atoms with Crippen molar-refractivity contribution in [1.82, 2.24) is 0 Å². The van der Waals surface area contributed by atoms with E-state index in [2.05, 4.69) is 6.58 Å². The zero-order valence-corrected chi connectivity index (χ0v) is 12.7. The summed E-state index contributed by atoms with van der Waals surface area (Å²) >= 11 is 0. The minimum absolute atomic E-state index is 0.187. The number of ether oxygens (including phenoxy) is 1. The molecule has 0 bridgehead atoms. The molecule has 0 spiro atoms.